The van der Waals surface area contributed by atoms with E-state index in [1.807, 2.05) is 38.2 Å². The summed E-state index contributed by atoms with van der Waals surface area (Å²) in [6.07, 6.45) is 6.71. The average Bonchev–Trinajstić information content (AvgIpc) is 2.07. The van der Waals surface area contributed by atoms with Crippen LogP contribution in [-0.2, 0) is 4.74 Å². The molecule has 0 amide bonds. The van der Waals surface area contributed by atoms with Crippen LogP contribution in [0.3, 0.4) is 0 Å². The Balaban J connectivity index is 2.59. The molecule has 0 bridgehead atoms. The highest BCUT2D eigenvalue weighted by Gasteiger charge is 2.29. The van der Waals surface area contributed by atoms with Gasteiger partial charge in [-0.15, -0.1) is 0 Å². The van der Waals surface area contributed by atoms with E-state index in [9.17, 15) is 4.79 Å². The zero-order valence-electron chi connectivity index (χ0n) is 7.86. The molecule has 2 atom stereocenters. The van der Waals surface area contributed by atoms with E-state index in [0.717, 1.165) is 0 Å². The van der Waals surface area contributed by atoms with Crippen LogP contribution in [0.4, 0.5) is 4.79 Å². The van der Waals surface area contributed by atoms with E-state index >= 15 is 0 Å². The van der Waals surface area contributed by atoms with E-state index in [0.29, 0.717) is 5.92 Å². The number of hydrogen-bond acceptors (Lipinski definition) is 2. The highest BCUT2D eigenvalue weighted by Crippen LogP contribution is 2.32. The van der Waals surface area contributed by atoms with Crippen LogP contribution in [0, 0.1) is 11.3 Å². The van der Waals surface area contributed by atoms with E-state index in [4.69, 9.17) is 5.11 Å². The molecule has 1 N–H and O–H groups in total. The van der Waals surface area contributed by atoms with Crippen molar-refractivity contribution in [2.24, 2.45) is 11.3 Å². The highest BCUT2D eigenvalue weighted by molar-refractivity contribution is 5.56. The topological polar surface area (TPSA) is 46.5 Å². The Morgan fingerprint density at radius 3 is 2.85 bits per heavy atom. The van der Waals surface area contributed by atoms with Crippen molar-refractivity contribution < 1.29 is 14.6 Å². The minimum atomic E-state index is -1.21. The summed E-state index contributed by atoms with van der Waals surface area (Å²) in [5.41, 5.74) is -0.201. The van der Waals surface area contributed by atoms with Gasteiger partial charge in [0.15, 0.2) is 0 Å². The van der Waals surface area contributed by atoms with Crippen molar-refractivity contribution >= 4 is 6.16 Å². The SMILES string of the molecule is CC1C=CC=CC1(C)COC(=O)O. The smallest absolute Gasteiger partial charge is 0.450 e. The van der Waals surface area contributed by atoms with E-state index < -0.39 is 6.16 Å². The molecule has 0 fully saturated rings. The summed E-state index contributed by atoms with van der Waals surface area (Å²) >= 11 is 0. The number of carboxylic acid groups (broad SMARTS) is 1. The van der Waals surface area contributed by atoms with Crippen LogP contribution in [-0.4, -0.2) is 17.9 Å². The maximum Gasteiger partial charge on any atom is 0.505 e. The van der Waals surface area contributed by atoms with Gasteiger partial charge in [0, 0.05) is 5.41 Å². The molecular weight excluding hydrogens is 168 g/mol. The molecule has 3 nitrogen and oxygen atoms in total. The van der Waals surface area contributed by atoms with E-state index in [1.165, 1.54) is 0 Å². The molecule has 1 rings (SSSR count). The Labute approximate surface area is 77.7 Å². The quantitative estimate of drug-likeness (QED) is 0.667. The second-order valence-electron chi connectivity index (χ2n) is 3.59. The number of allylic oxidation sites excluding steroid dienone is 3. The molecule has 0 saturated heterocycles. The second kappa shape index (κ2) is 3.64. The predicted molar refractivity (Wildman–Crippen MR) is 49.5 cm³/mol. The van der Waals surface area contributed by atoms with Crippen LogP contribution in [0.25, 0.3) is 0 Å². The van der Waals surface area contributed by atoms with Crippen LogP contribution in [0.2, 0.25) is 0 Å². The maximum atomic E-state index is 10.2. The Bertz CT molecular complexity index is 255. The lowest BCUT2D eigenvalue weighted by atomic mass is 9.76. The fourth-order valence-electron chi connectivity index (χ4n) is 1.27. The molecule has 3 heteroatoms. The van der Waals surface area contributed by atoms with Gasteiger partial charge in [0.1, 0.15) is 6.61 Å². The van der Waals surface area contributed by atoms with Crippen LogP contribution in [0.15, 0.2) is 24.3 Å². The van der Waals surface area contributed by atoms with Gasteiger partial charge in [-0.05, 0) is 5.92 Å². The fourth-order valence-corrected chi connectivity index (χ4v) is 1.27. The lowest BCUT2D eigenvalue weighted by Crippen LogP contribution is -2.29. The Morgan fingerprint density at radius 1 is 1.62 bits per heavy atom. The molecule has 0 saturated carbocycles. The second-order valence-corrected chi connectivity index (χ2v) is 3.59. The molecule has 0 aliphatic heterocycles. The molecule has 0 spiro atoms. The van der Waals surface area contributed by atoms with Gasteiger partial charge in [-0.25, -0.2) is 4.79 Å². The summed E-state index contributed by atoms with van der Waals surface area (Å²) in [6.45, 7) is 4.25. The monoisotopic (exact) mass is 182 g/mol. The maximum absolute atomic E-state index is 10.2. The van der Waals surface area contributed by atoms with Gasteiger partial charge in [-0.1, -0.05) is 38.2 Å². The molecule has 0 aromatic rings. The number of carbonyl (C=O) groups is 1. The first-order chi connectivity index (χ1) is 6.04. The molecule has 0 aromatic heterocycles. The molecule has 0 heterocycles. The third-order valence-electron chi connectivity index (χ3n) is 2.53. The zero-order valence-corrected chi connectivity index (χ0v) is 7.86. The van der Waals surface area contributed by atoms with Crippen molar-refractivity contribution in [2.75, 3.05) is 6.61 Å². The third-order valence-corrected chi connectivity index (χ3v) is 2.53. The van der Waals surface area contributed by atoms with Crippen molar-refractivity contribution in [3.63, 3.8) is 0 Å². The molecular formula is C10H14O3. The molecule has 1 aliphatic carbocycles. The summed E-state index contributed by atoms with van der Waals surface area (Å²) in [7, 11) is 0. The summed E-state index contributed by atoms with van der Waals surface area (Å²) in [4.78, 5) is 10.2. The molecule has 13 heavy (non-hydrogen) atoms. The van der Waals surface area contributed by atoms with Gasteiger partial charge in [0.25, 0.3) is 0 Å². The van der Waals surface area contributed by atoms with E-state index in [-0.39, 0.29) is 12.0 Å². The predicted octanol–water partition coefficient (Wildman–Crippen LogP) is 2.45. The Kier molecular flexibility index (Phi) is 2.76. The highest BCUT2D eigenvalue weighted by atomic mass is 16.7. The Morgan fingerprint density at radius 2 is 2.31 bits per heavy atom. The first-order valence-electron chi connectivity index (χ1n) is 4.26. The number of hydrogen-bond donors (Lipinski definition) is 1. The molecule has 2 unspecified atom stereocenters. The summed E-state index contributed by atoms with van der Waals surface area (Å²) in [5.74, 6) is 0.303. The summed E-state index contributed by atoms with van der Waals surface area (Å²) < 4.78 is 4.59. The minimum absolute atomic E-state index is 0.201. The fraction of sp³-hybridized carbons (Fsp3) is 0.500. The van der Waals surface area contributed by atoms with Gasteiger partial charge in [-0.2, -0.15) is 0 Å². The van der Waals surface area contributed by atoms with Crippen LogP contribution < -0.4 is 0 Å². The van der Waals surface area contributed by atoms with Crippen molar-refractivity contribution in [2.45, 2.75) is 13.8 Å². The lowest BCUT2D eigenvalue weighted by Gasteiger charge is -2.31. The van der Waals surface area contributed by atoms with Crippen LogP contribution >= 0.6 is 0 Å². The van der Waals surface area contributed by atoms with Crippen molar-refractivity contribution in [3.05, 3.63) is 24.3 Å². The zero-order chi connectivity index (χ0) is 9.90. The molecule has 0 radical (unpaired) electrons. The molecule has 0 aromatic carbocycles. The number of ether oxygens (including phenoxy) is 1. The van der Waals surface area contributed by atoms with Gasteiger partial charge in [0.05, 0.1) is 0 Å². The van der Waals surface area contributed by atoms with E-state index in [1.54, 1.807) is 0 Å². The van der Waals surface area contributed by atoms with E-state index in [2.05, 4.69) is 4.74 Å². The van der Waals surface area contributed by atoms with Crippen LogP contribution in [0.1, 0.15) is 13.8 Å². The molecule has 1 aliphatic rings. The van der Waals surface area contributed by atoms with Crippen LogP contribution in [0.5, 0.6) is 0 Å². The average molecular weight is 182 g/mol. The van der Waals surface area contributed by atoms with Gasteiger partial charge in [-0.3, -0.25) is 0 Å². The molecule has 72 valence electrons. The van der Waals surface area contributed by atoms with Crippen molar-refractivity contribution in [3.8, 4) is 0 Å². The Hall–Kier alpha value is -1.25. The summed E-state index contributed by atoms with van der Waals surface area (Å²) in [6, 6.07) is 0. The first-order valence-corrected chi connectivity index (χ1v) is 4.26. The first kappa shape index (κ1) is 9.84. The lowest BCUT2D eigenvalue weighted by molar-refractivity contribution is 0.0552. The van der Waals surface area contributed by atoms with Crippen molar-refractivity contribution in [1.29, 1.82) is 0 Å². The van der Waals surface area contributed by atoms with Gasteiger partial charge >= 0.3 is 6.16 Å². The van der Waals surface area contributed by atoms with Crippen molar-refractivity contribution in [1.82, 2.24) is 0 Å². The largest absolute Gasteiger partial charge is 0.505 e. The standard InChI is InChI=1S/C10H14O3/c1-8-5-3-4-6-10(8,2)7-13-9(11)12/h3-6,8H,7H2,1-2H3,(H,11,12). The minimum Gasteiger partial charge on any atom is -0.450 e. The third kappa shape index (κ3) is 2.34. The number of rotatable bonds is 2. The van der Waals surface area contributed by atoms with Gasteiger partial charge in [0.2, 0.25) is 0 Å². The normalized spacial score (nSPS) is 31.7. The van der Waals surface area contributed by atoms with Gasteiger partial charge < -0.3 is 9.84 Å². The summed E-state index contributed by atoms with van der Waals surface area (Å²) in [5, 5.41) is 8.38.